The molecule has 0 aliphatic heterocycles. The number of hydrogen-bond donors (Lipinski definition) is 0. The van der Waals surface area contributed by atoms with Crippen molar-refractivity contribution in [2.75, 3.05) is 14.1 Å². The zero-order valence-corrected chi connectivity index (χ0v) is 12.3. The Balaban J connectivity index is 0. The van der Waals surface area contributed by atoms with Crippen molar-refractivity contribution in [1.82, 2.24) is 4.90 Å². The van der Waals surface area contributed by atoms with Crippen LogP contribution < -0.4 is 0 Å². The quantitative estimate of drug-likeness (QED) is 0.423. The molecular weight excluding hydrogens is 230 g/mol. The molecule has 0 atom stereocenters. The number of rotatable bonds is 3. The van der Waals surface area contributed by atoms with E-state index in [2.05, 4.69) is 31.8 Å². The van der Waals surface area contributed by atoms with Crippen molar-refractivity contribution < 1.29 is 4.79 Å². The van der Waals surface area contributed by atoms with Gasteiger partial charge in [-0.3, -0.25) is 0 Å². The smallest absolute Gasteiger partial charge is 0.00456 e. The zero-order chi connectivity index (χ0) is 10.9. The van der Waals surface area contributed by atoms with E-state index >= 15 is 0 Å². The number of carbonyl (C=O) groups is 1. The Labute approximate surface area is 115 Å². The average Bonchev–Trinajstić information content (AvgIpc) is 2.01. The Bertz CT molecular complexity index is 162. The average molecular weight is 245 g/mol. The van der Waals surface area contributed by atoms with Crippen molar-refractivity contribution in [1.29, 1.82) is 0 Å². The first-order valence-corrected chi connectivity index (χ1v) is 6.07. The van der Waals surface area contributed by atoms with Gasteiger partial charge in [-0.2, -0.15) is 0 Å². The van der Waals surface area contributed by atoms with Crippen LogP contribution in [0, 0.1) is 0 Å². The molecule has 0 saturated carbocycles. The summed E-state index contributed by atoms with van der Waals surface area (Å²) in [4.78, 5) is 12.0. The summed E-state index contributed by atoms with van der Waals surface area (Å²) in [5.41, 5.74) is 0. The van der Waals surface area contributed by atoms with E-state index in [0.717, 1.165) is 55.1 Å². The molecule has 0 fully saturated rings. The minimum atomic E-state index is 0.432. The summed E-state index contributed by atoms with van der Waals surface area (Å²) in [5.74, 6) is 0. The number of hydrogen-bond acceptors (Lipinski definition) is 3. The van der Waals surface area contributed by atoms with Gasteiger partial charge in [0.2, 0.25) is 0 Å². The molecule has 0 heterocycles. The molecule has 0 unspecified atom stereocenters. The fraction of sp³-hybridized carbons (Fsp3) is 0.750. The van der Waals surface area contributed by atoms with Crippen LogP contribution in [0.3, 0.4) is 0 Å². The van der Waals surface area contributed by atoms with Gasteiger partial charge >= 0.3 is 68.6 Å². The van der Waals surface area contributed by atoms with E-state index in [-0.39, 0.29) is 0 Å². The van der Waals surface area contributed by atoms with Crippen molar-refractivity contribution >= 4 is 66.8 Å². The van der Waals surface area contributed by atoms with Gasteiger partial charge in [0, 0.05) is 14.1 Å². The fourth-order valence-corrected chi connectivity index (χ4v) is 0.764. The molecule has 0 saturated heterocycles. The molecule has 0 aliphatic rings. The van der Waals surface area contributed by atoms with Crippen molar-refractivity contribution in [3.63, 3.8) is 0 Å². The second-order valence-corrected chi connectivity index (χ2v) is 5.07. The van der Waals surface area contributed by atoms with Gasteiger partial charge in [-0.15, -0.1) is 0 Å². The Morgan fingerprint density at radius 1 is 1.54 bits per heavy atom. The second kappa shape index (κ2) is 11.1. The van der Waals surface area contributed by atoms with E-state index in [9.17, 15) is 4.79 Å². The van der Waals surface area contributed by atoms with Gasteiger partial charge in [0.15, 0.2) is 0 Å². The normalized spacial score (nSPS) is 8.38. The molecular formula is C8H15CaNOS2. The maximum atomic E-state index is 10.3. The third-order valence-electron chi connectivity index (χ3n) is 1.17. The Morgan fingerprint density at radius 3 is 2.00 bits per heavy atom. The molecule has 0 amide bonds. The minimum absolute atomic E-state index is 0.432. The Hall–Kier alpha value is 1.04. The first-order valence-electron chi connectivity index (χ1n) is 4.14. The van der Waals surface area contributed by atoms with E-state index in [4.69, 9.17) is 0 Å². The summed E-state index contributed by atoms with van der Waals surface area (Å²) in [7, 11) is 3.66. The maximum Gasteiger partial charge on any atom is 0.00456 e. The van der Waals surface area contributed by atoms with Crippen LogP contribution in [0.5, 0.6) is 0 Å². The monoisotopic (exact) mass is 245 g/mol. The van der Waals surface area contributed by atoms with Crippen LogP contribution in [0.1, 0.15) is 26.2 Å². The summed E-state index contributed by atoms with van der Waals surface area (Å²) in [5, 5.41) is 0. The molecule has 0 aromatic heterocycles. The number of carbonyl (C=O) groups excluding carboxylic acids is 1. The molecule has 2 nitrogen and oxygen atoms in total. The zero-order valence-electron chi connectivity index (χ0n) is 8.50. The number of nitrogens with zero attached hydrogens (tertiary/aromatic N) is 1. The summed E-state index contributed by atoms with van der Waals surface area (Å²) in [6.07, 6.45) is 3.04. The molecule has 0 aromatic carbocycles. The van der Waals surface area contributed by atoms with Crippen LogP contribution in [0.4, 0.5) is 0 Å². The van der Waals surface area contributed by atoms with Crippen LogP contribution in [0.25, 0.3) is 0 Å². The van der Waals surface area contributed by atoms with Crippen LogP contribution >= 0.6 is 12.2 Å². The predicted octanol–water partition coefficient (Wildman–Crippen LogP) is 1.25. The summed E-state index contributed by atoms with van der Waals surface area (Å²) in [6, 6.07) is 0. The van der Waals surface area contributed by atoms with Crippen LogP contribution in [0.2, 0.25) is 0 Å². The molecule has 0 radical (unpaired) electrons. The van der Waals surface area contributed by atoms with E-state index < -0.39 is 0 Å². The topological polar surface area (TPSA) is 20.3 Å². The van der Waals surface area contributed by atoms with E-state index in [0.29, 0.717) is 6.20 Å². The van der Waals surface area contributed by atoms with Crippen molar-refractivity contribution in [2.45, 2.75) is 26.2 Å². The van der Waals surface area contributed by atoms with Crippen molar-refractivity contribution in [3.05, 3.63) is 0 Å². The van der Waals surface area contributed by atoms with Crippen LogP contribution in [-0.2, 0) is 17.4 Å². The summed E-state index contributed by atoms with van der Waals surface area (Å²) < 4.78 is 0.942. The van der Waals surface area contributed by atoms with Gasteiger partial charge in [0.25, 0.3) is 0 Å². The van der Waals surface area contributed by atoms with Crippen molar-refractivity contribution in [2.24, 2.45) is 0 Å². The summed E-state index contributed by atoms with van der Waals surface area (Å²) >= 11 is 9.95. The third kappa shape index (κ3) is 19.4. The first-order chi connectivity index (χ1) is 5.91. The first kappa shape index (κ1) is 16.5. The van der Waals surface area contributed by atoms with Gasteiger partial charge in [0.05, 0.1) is 0 Å². The molecule has 0 bridgehead atoms. The van der Waals surface area contributed by atoms with E-state index in [1.165, 1.54) is 0 Å². The molecule has 0 spiro atoms. The van der Waals surface area contributed by atoms with Gasteiger partial charge in [-0.05, 0) is 0 Å². The van der Waals surface area contributed by atoms with Crippen LogP contribution in [0.15, 0.2) is 0 Å². The molecule has 0 aromatic rings. The van der Waals surface area contributed by atoms with Gasteiger partial charge in [0.1, 0.15) is 0 Å². The number of thiocarbonyl (C=S) groups is 1. The fourth-order valence-electron chi connectivity index (χ4n) is 0.374. The van der Waals surface area contributed by atoms with Gasteiger partial charge in [-0.1, -0.05) is 4.32 Å². The predicted molar refractivity (Wildman–Crippen MR) is 63.9 cm³/mol. The van der Waals surface area contributed by atoms with Gasteiger partial charge in [-0.25, -0.2) is 0 Å². The largest absolute Gasteiger partial charge is 0.411 e. The molecule has 0 aliphatic carbocycles. The maximum absolute atomic E-state index is 10.3. The molecule has 0 rings (SSSR count). The minimum Gasteiger partial charge on any atom is -0.411 e. The summed E-state index contributed by atoms with van der Waals surface area (Å²) in [6.45, 7) is 2.10. The Kier molecular flexibility index (Phi) is 14.1. The SMILES string of the molecule is CCCC[C](=O)[Ca+].CN(C)C(=S)[S-]. The Morgan fingerprint density at radius 2 is 1.92 bits per heavy atom. The second-order valence-electron chi connectivity index (χ2n) is 2.80. The van der Waals surface area contributed by atoms with Crippen molar-refractivity contribution in [3.8, 4) is 0 Å². The van der Waals surface area contributed by atoms with Gasteiger partial charge < -0.3 is 29.7 Å². The van der Waals surface area contributed by atoms with E-state index in [1.807, 2.05) is 14.1 Å². The van der Waals surface area contributed by atoms with E-state index in [1.54, 1.807) is 4.90 Å². The third-order valence-corrected chi connectivity index (χ3v) is 2.46. The molecule has 5 heteroatoms. The molecule has 13 heavy (non-hydrogen) atoms. The van der Waals surface area contributed by atoms with Crippen LogP contribution in [-0.4, -0.2) is 61.0 Å². The molecule has 0 N–H and O–H groups in total. The molecule has 72 valence electrons. The number of unbranched alkanes of at least 4 members (excludes halogenated alkanes) is 1. The standard InChI is InChI=1S/C5H9O.C3H7NS2.Ca/c1-2-3-4-5-6;1-4(2)3(5)6;/h2-4H2,1H3;1-2H3,(H,5,6);/q;;+1/p-1.